The predicted octanol–water partition coefficient (Wildman–Crippen LogP) is 2.78. The molecule has 0 bridgehead atoms. The predicted molar refractivity (Wildman–Crippen MR) is 54.9 cm³/mol. The van der Waals surface area contributed by atoms with Gasteiger partial charge >= 0.3 is 0 Å². The summed E-state index contributed by atoms with van der Waals surface area (Å²) in [6.07, 6.45) is 5.07. The summed E-state index contributed by atoms with van der Waals surface area (Å²) in [5.41, 5.74) is 1.00. The molecule has 64 valence electrons. The quantitative estimate of drug-likeness (QED) is 0.610. The first-order valence-corrected chi connectivity index (χ1v) is 4.89. The van der Waals surface area contributed by atoms with Crippen molar-refractivity contribution in [3.8, 4) is 12.3 Å². The number of hydrogen-bond donors (Lipinski definition) is 1. The Bertz CT molecular complexity index is 300. The molecule has 0 radical (unpaired) electrons. The molecule has 0 aliphatic rings. The van der Waals surface area contributed by atoms with Crippen LogP contribution >= 0.6 is 34.5 Å². The molecule has 1 aromatic rings. The average molecular weight is 220 g/mol. The summed E-state index contributed by atoms with van der Waals surface area (Å²) in [5.74, 6) is 2.48. The van der Waals surface area contributed by atoms with Crippen LogP contribution in [0.3, 0.4) is 0 Å². The number of thiophene rings is 1. The number of halogens is 2. The van der Waals surface area contributed by atoms with Crippen molar-refractivity contribution in [2.75, 3.05) is 6.54 Å². The summed E-state index contributed by atoms with van der Waals surface area (Å²) in [6, 6.07) is 1.85. The minimum absolute atomic E-state index is 0.545. The van der Waals surface area contributed by atoms with Crippen molar-refractivity contribution in [2.24, 2.45) is 0 Å². The molecule has 1 nitrogen and oxygen atoms in total. The largest absolute Gasteiger partial charge is 0.302 e. The van der Waals surface area contributed by atoms with E-state index >= 15 is 0 Å². The number of rotatable bonds is 3. The number of hydrogen-bond acceptors (Lipinski definition) is 2. The van der Waals surface area contributed by atoms with E-state index in [4.69, 9.17) is 29.6 Å². The van der Waals surface area contributed by atoms with Crippen LogP contribution in [0.5, 0.6) is 0 Å². The molecule has 0 spiro atoms. The highest BCUT2D eigenvalue weighted by Crippen LogP contribution is 2.30. The summed E-state index contributed by atoms with van der Waals surface area (Å²) >= 11 is 13.0. The van der Waals surface area contributed by atoms with E-state index in [9.17, 15) is 0 Å². The Hall–Kier alpha value is -0.200. The SMILES string of the molecule is C#CCNCc1cc(Cl)sc1Cl. The fraction of sp³-hybridized carbons (Fsp3) is 0.250. The summed E-state index contributed by atoms with van der Waals surface area (Å²) in [5, 5.41) is 3.03. The highest BCUT2D eigenvalue weighted by Gasteiger charge is 2.03. The Balaban J connectivity index is 2.52. The van der Waals surface area contributed by atoms with Gasteiger partial charge in [-0.1, -0.05) is 29.1 Å². The van der Waals surface area contributed by atoms with E-state index in [0.29, 0.717) is 17.4 Å². The second-order valence-corrected chi connectivity index (χ2v) is 4.44. The second kappa shape index (κ2) is 4.74. The maximum Gasteiger partial charge on any atom is 0.0989 e. The third kappa shape index (κ3) is 2.69. The average Bonchev–Trinajstić information content (AvgIpc) is 2.31. The summed E-state index contributed by atoms with van der Waals surface area (Å²) in [6.45, 7) is 1.22. The van der Waals surface area contributed by atoms with Gasteiger partial charge in [0.1, 0.15) is 0 Å². The normalized spacial score (nSPS) is 9.75. The van der Waals surface area contributed by atoms with E-state index in [2.05, 4.69) is 11.2 Å². The minimum atomic E-state index is 0.545. The van der Waals surface area contributed by atoms with E-state index in [1.807, 2.05) is 6.07 Å². The highest BCUT2D eigenvalue weighted by atomic mass is 35.5. The number of terminal acetylenes is 1. The minimum Gasteiger partial charge on any atom is -0.302 e. The molecule has 1 aromatic heterocycles. The van der Waals surface area contributed by atoms with Crippen LogP contribution in [0.4, 0.5) is 0 Å². The molecule has 0 fully saturated rings. The fourth-order valence-electron chi connectivity index (χ4n) is 0.764. The molecule has 12 heavy (non-hydrogen) atoms. The maximum absolute atomic E-state index is 5.87. The van der Waals surface area contributed by atoms with Crippen LogP contribution in [-0.4, -0.2) is 6.54 Å². The number of nitrogens with one attached hydrogen (secondary N) is 1. The van der Waals surface area contributed by atoms with Crippen molar-refractivity contribution >= 4 is 34.5 Å². The fourth-order valence-corrected chi connectivity index (χ4v) is 2.25. The van der Waals surface area contributed by atoms with Crippen LogP contribution in [0.25, 0.3) is 0 Å². The molecule has 0 aliphatic heterocycles. The lowest BCUT2D eigenvalue weighted by molar-refractivity contribution is 0.773. The van der Waals surface area contributed by atoms with E-state index in [-0.39, 0.29) is 0 Å². The van der Waals surface area contributed by atoms with Gasteiger partial charge in [0.15, 0.2) is 0 Å². The lowest BCUT2D eigenvalue weighted by Crippen LogP contribution is -2.12. The zero-order chi connectivity index (χ0) is 8.97. The third-order valence-corrected chi connectivity index (χ3v) is 2.84. The van der Waals surface area contributed by atoms with Gasteiger partial charge in [-0.2, -0.15) is 0 Å². The first-order chi connectivity index (χ1) is 5.74. The molecule has 1 heterocycles. The second-order valence-electron chi connectivity index (χ2n) is 2.16. The van der Waals surface area contributed by atoms with Gasteiger partial charge in [0.2, 0.25) is 0 Å². The smallest absolute Gasteiger partial charge is 0.0989 e. The molecule has 0 aliphatic carbocycles. The van der Waals surface area contributed by atoms with Crippen LogP contribution < -0.4 is 5.32 Å². The molecular weight excluding hydrogens is 213 g/mol. The maximum atomic E-state index is 5.87. The van der Waals surface area contributed by atoms with Crippen molar-refractivity contribution in [3.63, 3.8) is 0 Å². The van der Waals surface area contributed by atoms with Gasteiger partial charge in [0.05, 0.1) is 15.2 Å². The first kappa shape index (κ1) is 9.88. The Kier molecular flexibility index (Phi) is 3.90. The van der Waals surface area contributed by atoms with Gasteiger partial charge in [0, 0.05) is 6.54 Å². The van der Waals surface area contributed by atoms with E-state index in [1.54, 1.807) is 0 Å². The molecule has 0 amide bonds. The molecule has 4 heteroatoms. The molecule has 0 atom stereocenters. The standard InChI is InChI=1S/C8H7Cl2NS/c1-2-3-11-5-6-4-7(9)12-8(6)10/h1,4,11H,3,5H2. The molecule has 0 unspecified atom stereocenters. The van der Waals surface area contributed by atoms with Crippen LogP contribution in [0.2, 0.25) is 8.67 Å². The van der Waals surface area contributed by atoms with Crippen LogP contribution in [0.15, 0.2) is 6.07 Å². The molecule has 1 rings (SSSR count). The Labute approximate surface area is 85.7 Å². The molecular formula is C8H7Cl2NS. The lowest BCUT2D eigenvalue weighted by Gasteiger charge is -1.97. The highest BCUT2D eigenvalue weighted by molar-refractivity contribution is 7.20. The monoisotopic (exact) mass is 219 g/mol. The zero-order valence-corrected chi connectivity index (χ0v) is 8.56. The van der Waals surface area contributed by atoms with E-state index < -0.39 is 0 Å². The van der Waals surface area contributed by atoms with Crippen LogP contribution in [-0.2, 0) is 6.54 Å². The summed E-state index contributed by atoms with van der Waals surface area (Å²) < 4.78 is 1.43. The van der Waals surface area contributed by atoms with Crippen LogP contribution in [0, 0.1) is 12.3 Å². The molecule has 0 saturated heterocycles. The zero-order valence-electron chi connectivity index (χ0n) is 6.23. The van der Waals surface area contributed by atoms with Gasteiger partial charge in [-0.3, -0.25) is 0 Å². The van der Waals surface area contributed by atoms with Gasteiger partial charge < -0.3 is 5.32 Å². The van der Waals surface area contributed by atoms with Crippen molar-refractivity contribution in [1.29, 1.82) is 0 Å². The Morgan fingerprint density at radius 1 is 1.58 bits per heavy atom. The molecule has 1 N–H and O–H groups in total. The van der Waals surface area contributed by atoms with Crippen molar-refractivity contribution in [1.82, 2.24) is 5.32 Å². The van der Waals surface area contributed by atoms with Gasteiger partial charge in [-0.05, 0) is 11.6 Å². The summed E-state index contributed by atoms with van der Waals surface area (Å²) in [4.78, 5) is 0. The van der Waals surface area contributed by atoms with Crippen molar-refractivity contribution < 1.29 is 0 Å². The van der Waals surface area contributed by atoms with Gasteiger partial charge in [-0.25, -0.2) is 0 Å². The Morgan fingerprint density at radius 3 is 2.83 bits per heavy atom. The van der Waals surface area contributed by atoms with E-state index in [1.165, 1.54) is 11.3 Å². The van der Waals surface area contributed by atoms with Gasteiger partial charge in [0.25, 0.3) is 0 Å². The third-order valence-electron chi connectivity index (χ3n) is 1.27. The topological polar surface area (TPSA) is 12.0 Å². The molecule has 0 aromatic carbocycles. The summed E-state index contributed by atoms with van der Waals surface area (Å²) in [7, 11) is 0. The van der Waals surface area contributed by atoms with Crippen molar-refractivity contribution in [2.45, 2.75) is 6.54 Å². The Morgan fingerprint density at radius 2 is 2.33 bits per heavy atom. The first-order valence-electron chi connectivity index (χ1n) is 3.32. The van der Waals surface area contributed by atoms with E-state index in [0.717, 1.165) is 9.90 Å². The lowest BCUT2D eigenvalue weighted by atomic mass is 10.3. The van der Waals surface area contributed by atoms with Gasteiger partial charge in [-0.15, -0.1) is 17.8 Å². The molecule has 0 saturated carbocycles. The van der Waals surface area contributed by atoms with Crippen molar-refractivity contribution in [3.05, 3.63) is 20.3 Å². The van der Waals surface area contributed by atoms with Crippen LogP contribution in [0.1, 0.15) is 5.56 Å².